The SMILES string of the molecule is CC1CCN(CCCCNC(=O)c2cc(Cl)c(Cl)[nH]2)CC1. The van der Waals surface area contributed by atoms with Crippen LogP contribution in [0.3, 0.4) is 0 Å². The number of rotatable bonds is 6. The second-order valence-electron chi connectivity index (χ2n) is 5.83. The van der Waals surface area contributed by atoms with Gasteiger partial charge in [0, 0.05) is 6.54 Å². The van der Waals surface area contributed by atoms with Gasteiger partial charge in [0.05, 0.1) is 5.02 Å². The molecule has 4 nitrogen and oxygen atoms in total. The van der Waals surface area contributed by atoms with E-state index < -0.39 is 0 Å². The lowest BCUT2D eigenvalue weighted by Crippen LogP contribution is -2.34. The van der Waals surface area contributed by atoms with E-state index in [4.69, 9.17) is 23.2 Å². The van der Waals surface area contributed by atoms with Gasteiger partial charge in [-0.05, 0) is 57.3 Å². The van der Waals surface area contributed by atoms with Crippen molar-refractivity contribution in [1.29, 1.82) is 0 Å². The van der Waals surface area contributed by atoms with Crippen molar-refractivity contribution in [2.75, 3.05) is 26.2 Å². The van der Waals surface area contributed by atoms with Crippen molar-refractivity contribution < 1.29 is 4.79 Å². The van der Waals surface area contributed by atoms with E-state index in [1.54, 1.807) is 6.07 Å². The molecule has 6 heteroatoms. The van der Waals surface area contributed by atoms with Gasteiger partial charge in [0.1, 0.15) is 10.8 Å². The molecule has 21 heavy (non-hydrogen) atoms. The molecule has 2 N–H and O–H groups in total. The number of unbranched alkanes of at least 4 members (excludes halogenated alkanes) is 1. The maximum absolute atomic E-state index is 11.8. The van der Waals surface area contributed by atoms with Crippen LogP contribution in [-0.2, 0) is 0 Å². The predicted molar refractivity (Wildman–Crippen MR) is 87.2 cm³/mol. The standard InChI is InChI=1S/C15H23Cl2N3O/c1-11-4-8-20(9-5-11)7-3-2-6-18-15(21)13-10-12(16)14(17)19-13/h10-11,19H,2-9H2,1H3,(H,18,21). The Hall–Kier alpha value is -0.710. The van der Waals surface area contributed by atoms with Crippen molar-refractivity contribution >= 4 is 29.1 Å². The summed E-state index contributed by atoms with van der Waals surface area (Å²) in [5, 5.41) is 3.56. The molecular formula is C15H23Cl2N3O. The Morgan fingerprint density at radius 2 is 2.10 bits per heavy atom. The van der Waals surface area contributed by atoms with E-state index in [0.29, 0.717) is 22.4 Å². The maximum Gasteiger partial charge on any atom is 0.267 e. The van der Waals surface area contributed by atoms with Crippen molar-refractivity contribution in [2.45, 2.75) is 32.6 Å². The topological polar surface area (TPSA) is 48.1 Å². The third-order valence-corrected chi connectivity index (χ3v) is 4.73. The molecule has 1 aromatic heterocycles. The number of likely N-dealkylation sites (tertiary alicyclic amines) is 1. The molecule has 0 unspecified atom stereocenters. The van der Waals surface area contributed by atoms with E-state index in [1.165, 1.54) is 25.9 Å². The number of H-pyrrole nitrogens is 1. The van der Waals surface area contributed by atoms with Gasteiger partial charge in [0.25, 0.3) is 5.91 Å². The molecule has 1 saturated heterocycles. The Kier molecular flexibility index (Phi) is 6.40. The van der Waals surface area contributed by atoms with E-state index in [-0.39, 0.29) is 5.91 Å². The summed E-state index contributed by atoms with van der Waals surface area (Å²) in [6.07, 6.45) is 4.72. The molecule has 2 heterocycles. The van der Waals surface area contributed by atoms with Crippen molar-refractivity contribution in [3.63, 3.8) is 0 Å². The minimum atomic E-state index is -0.157. The number of amides is 1. The number of hydrogen-bond donors (Lipinski definition) is 2. The molecule has 0 saturated carbocycles. The average Bonchev–Trinajstić information content (AvgIpc) is 2.80. The van der Waals surface area contributed by atoms with Crippen LogP contribution in [0, 0.1) is 5.92 Å². The van der Waals surface area contributed by atoms with Gasteiger partial charge in [0.2, 0.25) is 0 Å². The summed E-state index contributed by atoms with van der Waals surface area (Å²) in [5.41, 5.74) is 0.412. The third-order valence-electron chi connectivity index (χ3n) is 4.03. The molecular weight excluding hydrogens is 309 g/mol. The first kappa shape index (κ1) is 16.7. The monoisotopic (exact) mass is 331 g/mol. The minimum absolute atomic E-state index is 0.157. The molecule has 0 aliphatic carbocycles. The Morgan fingerprint density at radius 3 is 2.71 bits per heavy atom. The normalized spacial score (nSPS) is 17.1. The van der Waals surface area contributed by atoms with Gasteiger partial charge in [-0.3, -0.25) is 4.79 Å². The van der Waals surface area contributed by atoms with Gasteiger partial charge >= 0.3 is 0 Å². The summed E-state index contributed by atoms with van der Waals surface area (Å²) >= 11 is 11.6. The van der Waals surface area contributed by atoms with Gasteiger partial charge in [0.15, 0.2) is 0 Å². The second kappa shape index (κ2) is 8.06. The van der Waals surface area contributed by atoms with Crippen LogP contribution in [0.4, 0.5) is 0 Å². The quantitative estimate of drug-likeness (QED) is 0.783. The number of aromatic amines is 1. The number of aromatic nitrogens is 1. The van der Waals surface area contributed by atoms with Crippen LogP contribution in [-0.4, -0.2) is 42.0 Å². The second-order valence-corrected chi connectivity index (χ2v) is 6.62. The number of halogens is 2. The first-order chi connectivity index (χ1) is 10.1. The van der Waals surface area contributed by atoms with Gasteiger partial charge in [-0.1, -0.05) is 30.1 Å². The van der Waals surface area contributed by atoms with Crippen LogP contribution < -0.4 is 5.32 Å². The number of carbonyl (C=O) groups excluding carboxylic acids is 1. The van der Waals surface area contributed by atoms with Crippen molar-refractivity contribution in [3.05, 3.63) is 21.9 Å². The van der Waals surface area contributed by atoms with Gasteiger partial charge < -0.3 is 15.2 Å². The lowest BCUT2D eigenvalue weighted by molar-refractivity contribution is 0.0948. The molecule has 0 bridgehead atoms. The van der Waals surface area contributed by atoms with Crippen molar-refractivity contribution in [3.8, 4) is 0 Å². The molecule has 0 aromatic carbocycles. The summed E-state index contributed by atoms with van der Waals surface area (Å²) in [5.74, 6) is 0.718. The zero-order valence-corrected chi connectivity index (χ0v) is 13.9. The number of hydrogen-bond acceptors (Lipinski definition) is 2. The number of carbonyl (C=O) groups is 1. The van der Waals surface area contributed by atoms with Gasteiger partial charge in [-0.15, -0.1) is 0 Å². The Bertz CT molecular complexity index is 448. The molecule has 0 radical (unpaired) electrons. The summed E-state index contributed by atoms with van der Waals surface area (Å²) in [7, 11) is 0. The van der Waals surface area contributed by atoms with Crippen LogP contribution in [0.5, 0.6) is 0 Å². The first-order valence-corrected chi connectivity index (χ1v) is 8.36. The Labute approximate surface area is 136 Å². The van der Waals surface area contributed by atoms with Crippen LogP contribution in [0.1, 0.15) is 43.1 Å². The van der Waals surface area contributed by atoms with E-state index in [2.05, 4.69) is 22.1 Å². The fourth-order valence-electron chi connectivity index (χ4n) is 2.57. The highest BCUT2D eigenvalue weighted by Crippen LogP contribution is 2.21. The highest BCUT2D eigenvalue weighted by Gasteiger charge is 2.15. The maximum atomic E-state index is 11.8. The summed E-state index contributed by atoms with van der Waals surface area (Å²) < 4.78 is 0. The van der Waals surface area contributed by atoms with Crippen LogP contribution in [0.15, 0.2) is 6.07 Å². The number of piperidine rings is 1. The largest absolute Gasteiger partial charge is 0.351 e. The smallest absolute Gasteiger partial charge is 0.267 e. The summed E-state index contributed by atoms with van der Waals surface area (Å²) in [4.78, 5) is 17.1. The highest BCUT2D eigenvalue weighted by atomic mass is 35.5. The first-order valence-electron chi connectivity index (χ1n) is 7.61. The number of nitrogens with zero attached hydrogens (tertiary/aromatic N) is 1. The lowest BCUT2D eigenvalue weighted by atomic mass is 9.99. The molecule has 118 valence electrons. The molecule has 0 atom stereocenters. The summed E-state index contributed by atoms with van der Waals surface area (Å²) in [6.45, 7) is 6.56. The van der Waals surface area contributed by atoms with Crippen LogP contribution in [0.25, 0.3) is 0 Å². The third kappa shape index (κ3) is 5.20. The lowest BCUT2D eigenvalue weighted by Gasteiger charge is -2.30. The van der Waals surface area contributed by atoms with Crippen LogP contribution in [0.2, 0.25) is 10.2 Å². The van der Waals surface area contributed by atoms with E-state index >= 15 is 0 Å². The molecule has 2 rings (SSSR count). The zero-order chi connectivity index (χ0) is 15.2. The van der Waals surface area contributed by atoms with E-state index in [9.17, 15) is 4.79 Å². The van der Waals surface area contributed by atoms with Gasteiger partial charge in [-0.2, -0.15) is 0 Å². The van der Waals surface area contributed by atoms with Gasteiger partial charge in [-0.25, -0.2) is 0 Å². The molecule has 0 spiro atoms. The van der Waals surface area contributed by atoms with Crippen molar-refractivity contribution in [2.24, 2.45) is 5.92 Å². The number of nitrogens with one attached hydrogen (secondary N) is 2. The molecule has 1 amide bonds. The molecule has 1 aromatic rings. The predicted octanol–water partition coefficient (Wildman–Crippen LogP) is 3.56. The summed E-state index contributed by atoms with van der Waals surface area (Å²) in [6, 6.07) is 1.55. The highest BCUT2D eigenvalue weighted by molar-refractivity contribution is 6.41. The van der Waals surface area contributed by atoms with E-state index in [1.807, 2.05) is 0 Å². The van der Waals surface area contributed by atoms with Crippen LogP contribution >= 0.6 is 23.2 Å². The van der Waals surface area contributed by atoms with Crippen molar-refractivity contribution in [1.82, 2.24) is 15.2 Å². The zero-order valence-electron chi connectivity index (χ0n) is 12.4. The average molecular weight is 332 g/mol. The molecule has 1 fully saturated rings. The minimum Gasteiger partial charge on any atom is -0.351 e. The van der Waals surface area contributed by atoms with E-state index in [0.717, 1.165) is 25.3 Å². The fourth-order valence-corrected chi connectivity index (χ4v) is 2.88. The fraction of sp³-hybridized carbons (Fsp3) is 0.667. The molecule has 1 aliphatic heterocycles. The Balaban J connectivity index is 1.58. The Morgan fingerprint density at radius 1 is 1.38 bits per heavy atom. The molecule has 1 aliphatic rings.